The van der Waals surface area contributed by atoms with Crippen molar-refractivity contribution in [3.8, 4) is 0 Å². The minimum atomic E-state index is -4.15. The van der Waals surface area contributed by atoms with Gasteiger partial charge in [-0.05, 0) is 25.7 Å². The van der Waals surface area contributed by atoms with Gasteiger partial charge < -0.3 is 9.66 Å². The third-order valence-corrected chi connectivity index (χ3v) is 6.28. The monoisotopic (exact) mass is 416 g/mol. The molecule has 0 saturated carbocycles. The number of hydrogen-bond acceptors (Lipinski definition) is 4. The molecule has 4 nitrogen and oxygen atoms in total. The maximum atomic E-state index is 11.4. The van der Waals surface area contributed by atoms with Gasteiger partial charge in [0.05, 0.1) is 16.2 Å². The zero-order valence-corrected chi connectivity index (χ0v) is 21.5. The van der Waals surface area contributed by atoms with Gasteiger partial charge in [-0.25, -0.2) is 8.42 Å². The molecule has 0 aliphatic carbocycles. The Hall–Kier alpha value is 1.51. The van der Waals surface area contributed by atoms with Crippen molar-refractivity contribution in [2.24, 2.45) is 0 Å². The number of rotatable bonds is 18. The van der Waals surface area contributed by atoms with Crippen LogP contribution >= 0.6 is 0 Å². The Morgan fingerprint density at radius 3 is 1.50 bits per heavy atom. The first kappa shape index (κ1) is 29.7. The Labute approximate surface area is 205 Å². The maximum Gasteiger partial charge on any atom is 1.00 e. The van der Waals surface area contributed by atoms with Crippen LogP contribution in [-0.2, 0) is 10.1 Å². The molecule has 0 radical (unpaired) electrons. The standard InChI is InChI=1S/C20H42O4S.K/c1-3-5-7-13-17-20(25(22,23)24)18-14-10-8-9-12-16-19(21)15-11-6-4-2;/h19-21H,3-18H2,1-2H3,(H,22,23,24);/q;+1/p-1. The van der Waals surface area contributed by atoms with Crippen LogP contribution in [0.4, 0.5) is 0 Å². The molecule has 0 saturated heterocycles. The summed E-state index contributed by atoms with van der Waals surface area (Å²) < 4.78 is 34.1. The van der Waals surface area contributed by atoms with Crippen LogP contribution in [0.25, 0.3) is 0 Å². The quantitative estimate of drug-likeness (QED) is 0.212. The third kappa shape index (κ3) is 18.9. The fourth-order valence-electron chi connectivity index (χ4n) is 3.29. The van der Waals surface area contributed by atoms with Crippen molar-refractivity contribution >= 4 is 10.1 Å². The van der Waals surface area contributed by atoms with E-state index in [1.165, 1.54) is 12.8 Å². The normalized spacial score (nSPS) is 14.0. The van der Waals surface area contributed by atoms with E-state index in [4.69, 9.17) is 0 Å². The van der Waals surface area contributed by atoms with E-state index < -0.39 is 15.4 Å². The molecule has 152 valence electrons. The summed E-state index contributed by atoms with van der Waals surface area (Å²) in [7, 11) is -4.15. The van der Waals surface area contributed by atoms with Gasteiger partial charge in [-0.3, -0.25) is 0 Å². The van der Waals surface area contributed by atoms with Gasteiger partial charge in [-0.15, -0.1) is 0 Å². The van der Waals surface area contributed by atoms with E-state index in [9.17, 15) is 18.1 Å². The van der Waals surface area contributed by atoms with Crippen LogP contribution in [0.1, 0.15) is 117 Å². The van der Waals surface area contributed by atoms with Crippen LogP contribution in [0.2, 0.25) is 0 Å². The van der Waals surface area contributed by atoms with E-state index in [1.54, 1.807) is 0 Å². The summed E-state index contributed by atoms with van der Waals surface area (Å²) in [5.41, 5.74) is 0. The molecular formula is C20H41KO4S. The van der Waals surface area contributed by atoms with Crippen LogP contribution < -0.4 is 51.4 Å². The molecule has 0 fully saturated rings. The van der Waals surface area contributed by atoms with E-state index >= 15 is 0 Å². The summed E-state index contributed by atoms with van der Waals surface area (Å²) in [6.07, 6.45) is 15.2. The molecule has 0 amide bonds. The zero-order valence-electron chi connectivity index (χ0n) is 17.5. The summed E-state index contributed by atoms with van der Waals surface area (Å²) in [4.78, 5) is 0. The molecular weight excluding hydrogens is 375 g/mol. The Morgan fingerprint density at radius 2 is 1.04 bits per heavy atom. The second kappa shape index (κ2) is 19.8. The molecule has 0 aromatic heterocycles. The van der Waals surface area contributed by atoms with Crippen molar-refractivity contribution in [3.05, 3.63) is 0 Å². The molecule has 0 aromatic rings. The minimum absolute atomic E-state index is 0. The van der Waals surface area contributed by atoms with Crippen molar-refractivity contribution in [1.82, 2.24) is 0 Å². The molecule has 0 spiro atoms. The maximum absolute atomic E-state index is 11.4. The van der Waals surface area contributed by atoms with Crippen LogP contribution in [0, 0.1) is 0 Å². The van der Waals surface area contributed by atoms with Gasteiger partial charge in [0.2, 0.25) is 0 Å². The second-order valence-corrected chi connectivity index (χ2v) is 9.11. The summed E-state index contributed by atoms with van der Waals surface area (Å²) in [5.74, 6) is 0. The van der Waals surface area contributed by atoms with Gasteiger partial charge in [0.15, 0.2) is 0 Å². The van der Waals surface area contributed by atoms with Gasteiger partial charge in [0.25, 0.3) is 0 Å². The van der Waals surface area contributed by atoms with Crippen LogP contribution in [0.15, 0.2) is 0 Å². The first-order chi connectivity index (χ1) is 11.9. The summed E-state index contributed by atoms with van der Waals surface area (Å²) in [6, 6.07) is 0. The fourth-order valence-corrected chi connectivity index (χ4v) is 4.20. The minimum Gasteiger partial charge on any atom is -0.748 e. The third-order valence-electron chi connectivity index (χ3n) is 4.99. The first-order valence-electron chi connectivity index (χ1n) is 10.5. The van der Waals surface area contributed by atoms with E-state index in [-0.39, 0.29) is 57.5 Å². The Bertz CT molecular complexity index is 387. The van der Waals surface area contributed by atoms with E-state index in [0.29, 0.717) is 12.8 Å². The number of aliphatic hydroxyl groups is 1. The Kier molecular flexibility index (Phi) is 22.6. The van der Waals surface area contributed by atoms with Crippen molar-refractivity contribution in [2.45, 2.75) is 128 Å². The first-order valence-corrected chi connectivity index (χ1v) is 12.0. The Balaban J connectivity index is 0. The molecule has 1 N–H and O–H groups in total. The van der Waals surface area contributed by atoms with E-state index in [1.807, 2.05) is 0 Å². The molecule has 0 bridgehead atoms. The van der Waals surface area contributed by atoms with Gasteiger partial charge in [-0.1, -0.05) is 90.9 Å². The zero-order chi connectivity index (χ0) is 19.0. The van der Waals surface area contributed by atoms with Gasteiger partial charge in [0, 0.05) is 5.25 Å². The molecule has 0 aromatic carbocycles. The molecule has 26 heavy (non-hydrogen) atoms. The summed E-state index contributed by atoms with van der Waals surface area (Å²) >= 11 is 0. The van der Waals surface area contributed by atoms with E-state index in [2.05, 4.69) is 13.8 Å². The number of unbranched alkanes of at least 4 members (excludes halogenated alkanes) is 9. The number of aliphatic hydroxyl groups excluding tert-OH is 1. The molecule has 0 aliphatic heterocycles. The van der Waals surface area contributed by atoms with Crippen molar-refractivity contribution in [3.63, 3.8) is 0 Å². The average Bonchev–Trinajstić information content (AvgIpc) is 2.55. The van der Waals surface area contributed by atoms with Crippen LogP contribution in [-0.4, -0.2) is 29.4 Å². The fraction of sp³-hybridized carbons (Fsp3) is 1.00. The van der Waals surface area contributed by atoms with E-state index in [0.717, 1.165) is 77.0 Å². The van der Waals surface area contributed by atoms with Gasteiger partial charge in [-0.2, -0.15) is 0 Å². The molecule has 0 aliphatic rings. The smallest absolute Gasteiger partial charge is 0.748 e. The van der Waals surface area contributed by atoms with Crippen molar-refractivity contribution in [2.75, 3.05) is 0 Å². The predicted octanol–water partition coefficient (Wildman–Crippen LogP) is 2.55. The second-order valence-electron chi connectivity index (χ2n) is 7.46. The largest absolute Gasteiger partial charge is 1.00 e. The summed E-state index contributed by atoms with van der Waals surface area (Å²) in [6.45, 7) is 4.28. The molecule has 6 heteroatoms. The molecule has 2 atom stereocenters. The molecule has 2 unspecified atom stereocenters. The Morgan fingerprint density at radius 1 is 0.692 bits per heavy atom. The molecule has 0 rings (SSSR count). The average molecular weight is 417 g/mol. The van der Waals surface area contributed by atoms with Crippen molar-refractivity contribution < 1.29 is 69.5 Å². The predicted molar refractivity (Wildman–Crippen MR) is 105 cm³/mol. The van der Waals surface area contributed by atoms with Gasteiger partial charge in [0.1, 0.15) is 0 Å². The SMILES string of the molecule is CCCCCCC(CCCCCCCC(O)CCCCC)S(=O)(=O)[O-].[K+]. The summed E-state index contributed by atoms with van der Waals surface area (Å²) in [5, 5.41) is 9.17. The van der Waals surface area contributed by atoms with Crippen molar-refractivity contribution in [1.29, 1.82) is 0 Å². The number of hydrogen-bond donors (Lipinski definition) is 1. The van der Waals surface area contributed by atoms with Crippen LogP contribution in [0.5, 0.6) is 0 Å². The molecule has 0 heterocycles. The van der Waals surface area contributed by atoms with Crippen LogP contribution in [0.3, 0.4) is 0 Å². The van der Waals surface area contributed by atoms with Gasteiger partial charge >= 0.3 is 51.4 Å². The topological polar surface area (TPSA) is 77.4 Å².